The van der Waals surface area contributed by atoms with Crippen molar-refractivity contribution in [3.63, 3.8) is 0 Å². The molecule has 10 heteroatoms. The Hall–Kier alpha value is -2.72. The summed E-state index contributed by atoms with van der Waals surface area (Å²) in [7, 11) is 0. The lowest BCUT2D eigenvalue weighted by atomic mass is 10.2. The molecule has 1 heterocycles. The molecule has 0 bridgehead atoms. The number of hydrogen-bond donors (Lipinski definition) is 1. The molecule has 1 aromatic heterocycles. The van der Waals surface area contributed by atoms with Gasteiger partial charge in [-0.2, -0.15) is 9.78 Å². The summed E-state index contributed by atoms with van der Waals surface area (Å²) in [4.78, 5) is 28.6. The van der Waals surface area contributed by atoms with Gasteiger partial charge in [-0.05, 0) is 58.7 Å². The number of carbonyl (C=O) groups is 1. The highest BCUT2D eigenvalue weighted by Gasteiger charge is 2.15. The van der Waals surface area contributed by atoms with Crippen molar-refractivity contribution in [2.45, 2.75) is 26.7 Å². The fraction of sp³-hybridized carbons (Fsp3) is 0.273. The standard InChI is InChI=1S/C22H21Br2N3O5/c1-4-31-18-8-13(7-16(24)20(18)32-11-19(28)29)10-25-27-21(12(2)3)26-17-6-5-14(23)9-15(17)22(27)30/h5-10,12H,4,11H2,1-3H3,(H,28,29). The average molecular weight is 567 g/mol. The first-order valence-electron chi connectivity index (χ1n) is 9.78. The third kappa shape index (κ3) is 5.36. The summed E-state index contributed by atoms with van der Waals surface area (Å²) < 4.78 is 13.5. The van der Waals surface area contributed by atoms with Gasteiger partial charge in [0.05, 0.1) is 28.2 Å². The first-order chi connectivity index (χ1) is 15.2. The number of benzene rings is 2. The Morgan fingerprint density at radius 3 is 2.66 bits per heavy atom. The molecule has 32 heavy (non-hydrogen) atoms. The van der Waals surface area contributed by atoms with E-state index in [0.717, 1.165) is 4.47 Å². The van der Waals surface area contributed by atoms with Crippen molar-refractivity contribution >= 4 is 54.9 Å². The van der Waals surface area contributed by atoms with Crippen LogP contribution in [0.25, 0.3) is 10.9 Å². The number of fused-ring (bicyclic) bond motifs is 1. The Labute approximate surface area is 201 Å². The predicted molar refractivity (Wildman–Crippen MR) is 129 cm³/mol. The molecule has 0 aliphatic heterocycles. The number of hydrogen-bond acceptors (Lipinski definition) is 6. The van der Waals surface area contributed by atoms with E-state index in [0.29, 0.717) is 39.1 Å². The molecule has 0 aliphatic carbocycles. The summed E-state index contributed by atoms with van der Waals surface area (Å²) in [5, 5.41) is 13.8. The van der Waals surface area contributed by atoms with E-state index in [1.54, 1.807) is 24.3 Å². The molecular weight excluding hydrogens is 546 g/mol. The van der Waals surface area contributed by atoms with Crippen LogP contribution in [-0.4, -0.2) is 40.2 Å². The third-order valence-corrected chi connectivity index (χ3v) is 5.43. The maximum atomic E-state index is 13.1. The van der Waals surface area contributed by atoms with Crippen LogP contribution in [0.15, 0.2) is 49.2 Å². The number of carboxylic acids is 1. The quantitative estimate of drug-likeness (QED) is 0.393. The topological polar surface area (TPSA) is 103 Å². The summed E-state index contributed by atoms with van der Waals surface area (Å²) >= 11 is 6.78. The van der Waals surface area contributed by atoms with Crippen LogP contribution in [0.2, 0.25) is 0 Å². The van der Waals surface area contributed by atoms with E-state index in [4.69, 9.17) is 14.6 Å². The number of nitrogens with zero attached hydrogens (tertiary/aromatic N) is 3. The van der Waals surface area contributed by atoms with E-state index >= 15 is 0 Å². The summed E-state index contributed by atoms with van der Waals surface area (Å²) in [6, 6.07) is 8.73. The number of halogens is 2. The second-order valence-electron chi connectivity index (χ2n) is 7.09. The van der Waals surface area contributed by atoms with Gasteiger partial charge in [-0.1, -0.05) is 29.8 Å². The molecule has 3 rings (SSSR count). The monoisotopic (exact) mass is 565 g/mol. The molecule has 1 N–H and O–H groups in total. The molecule has 0 spiro atoms. The number of carboxylic acid groups (broad SMARTS) is 1. The zero-order chi connectivity index (χ0) is 23.4. The van der Waals surface area contributed by atoms with Gasteiger partial charge < -0.3 is 14.6 Å². The zero-order valence-electron chi connectivity index (χ0n) is 17.6. The molecule has 0 radical (unpaired) electrons. The summed E-state index contributed by atoms with van der Waals surface area (Å²) in [5.41, 5.74) is 0.954. The number of aromatic nitrogens is 2. The maximum absolute atomic E-state index is 13.1. The molecule has 0 amide bonds. The molecule has 168 valence electrons. The minimum absolute atomic E-state index is 0.0367. The van der Waals surface area contributed by atoms with Crippen molar-refractivity contribution < 1.29 is 19.4 Å². The van der Waals surface area contributed by atoms with Gasteiger partial charge in [0.2, 0.25) is 0 Å². The van der Waals surface area contributed by atoms with Crippen molar-refractivity contribution in [2.24, 2.45) is 5.10 Å². The van der Waals surface area contributed by atoms with Crippen molar-refractivity contribution in [1.82, 2.24) is 9.66 Å². The predicted octanol–water partition coefficient (Wildman–Crippen LogP) is 4.79. The Balaban J connectivity index is 2.08. The lowest BCUT2D eigenvalue weighted by molar-refractivity contribution is -0.139. The third-order valence-electron chi connectivity index (χ3n) is 4.34. The van der Waals surface area contributed by atoms with Crippen molar-refractivity contribution in [1.29, 1.82) is 0 Å². The SMILES string of the molecule is CCOc1cc(C=Nn2c(C(C)C)nc3ccc(Br)cc3c2=O)cc(Br)c1OCC(=O)O. The molecule has 0 atom stereocenters. The van der Waals surface area contributed by atoms with Gasteiger partial charge in [0.25, 0.3) is 5.56 Å². The lowest BCUT2D eigenvalue weighted by Crippen LogP contribution is -2.23. The Morgan fingerprint density at radius 2 is 2.00 bits per heavy atom. The van der Waals surface area contributed by atoms with Gasteiger partial charge in [-0.25, -0.2) is 9.78 Å². The van der Waals surface area contributed by atoms with Crippen LogP contribution in [0, 0.1) is 0 Å². The first kappa shape index (κ1) is 23.9. The van der Waals surface area contributed by atoms with E-state index in [1.165, 1.54) is 10.9 Å². The number of aliphatic carboxylic acids is 1. The van der Waals surface area contributed by atoms with E-state index in [1.807, 2.05) is 26.8 Å². The van der Waals surface area contributed by atoms with E-state index in [-0.39, 0.29) is 17.2 Å². The maximum Gasteiger partial charge on any atom is 0.341 e. The largest absolute Gasteiger partial charge is 0.490 e. The van der Waals surface area contributed by atoms with Gasteiger partial charge in [0, 0.05) is 10.4 Å². The highest BCUT2D eigenvalue weighted by molar-refractivity contribution is 9.10. The van der Waals surface area contributed by atoms with Crippen LogP contribution < -0.4 is 15.0 Å². The zero-order valence-corrected chi connectivity index (χ0v) is 20.8. The lowest BCUT2D eigenvalue weighted by Gasteiger charge is -2.14. The average Bonchev–Trinajstić information content (AvgIpc) is 2.72. The Morgan fingerprint density at radius 1 is 1.25 bits per heavy atom. The molecule has 0 saturated heterocycles. The van der Waals surface area contributed by atoms with Gasteiger partial charge >= 0.3 is 5.97 Å². The normalized spacial score (nSPS) is 11.4. The second kappa shape index (κ2) is 10.3. The van der Waals surface area contributed by atoms with Crippen LogP contribution in [0.1, 0.15) is 38.1 Å². The summed E-state index contributed by atoms with van der Waals surface area (Å²) in [6.45, 7) is 5.55. The fourth-order valence-electron chi connectivity index (χ4n) is 2.98. The number of rotatable bonds is 8. The van der Waals surface area contributed by atoms with Crippen molar-refractivity contribution in [3.05, 3.63) is 61.0 Å². The van der Waals surface area contributed by atoms with Crippen LogP contribution >= 0.6 is 31.9 Å². The van der Waals surface area contributed by atoms with Gasteiger partial charge in [0.1, 0.15) is 5.82 Å². The molecule has 0 saturated carbocycles. The molecule has 8 nitrogen and oxygen atoms in total. The van der Waals surface area contributed by atoms with E-state index in [2.05, 4.69) is 41.9 Å². The molecule has 0 fully saturated rings. The molecule has 3 aromatic rings. The minimum Gasteiger partial charge on any atom is -0.490 e. The minimum atomic E-state index is -1.10. The fourth-order valence-corrected chi connectivity index (χ4v) is 3.91. The highest BCUT2D eigenvalue weighted by Crippen LogP contribution is 2.36. The van der Waals surface area contributed by atoms with Crippen molar-refractivity contribution in [3.8, 4) is 11.5 Å². The van der Waals surface area contributed by atoms with Crippen molar-refractivity contribution in [2.75, 3.05) is 13.2 Å². The Bertz CT molecular complexity index is 1250. The first-order valence-corrected chi connectivity index (χ1v) is 11.4. The molecular formula is C22H21Br2N3O5. The molecule has 0 aliphatic rings. The Kier molecular flexibility index (Phi) is 7.68. The van der Waals surface area contributed by atoms with E-state index in [9.17, 15) is 9.59 Å². The van der Waals surface area contributed by atoms with Crippen LogP contribution in [0.5, 0.6) is 11.5 Å². The van der Waals surface area contributed by atoms with Gasteiger partial charge in [-0.15, -0.1) is 0 Å². The number of ether oxygens (including phenoxy) is 2. The summed E-state index contributed by atoms with van der Waals surface area (Å²) in [6.07, 6.45) is 1.52. The van der Waals surface area contributed by atoms with E-state index < -0.39 is 12.6 Å². The smallest absolute Gasteiger partial charge is 0.341 e. The van der Waals surface area contributed by atoms with Gasteiger partial charge in [0.15, 0.2) is 18.1 Å². The second-order valence-corrected chi connectivity index (χ2v) is 8.86. The van der Waals surface area contributed by atoms with Crippen LogP contribution in [-0.2, 0) is 4.79 Å². The molecule has 0 unspecified atom stereocenters. The van der Waals surface area contributed by atoms with Gasteiger partial charge in [-0.3, -0.25) is 4.79 Å². The van der Waals surface area contributed by atoms with Crippen LogP contribution in [0.4, 0.5) is 0 Å². The summed E-state index contributed by atoms with van der Waals surface area (Å²) in [5.74, 6) is 0.0447. The van der Waals surface area contributed by atoms with Crippen LogP contribution in [0.3, 0.4) is 0 Å². The molecule has 2 aromatic carbocycles. The highest BCUT2D eigenvalue weighted by atomic mass is 79.9.